The van der Waals surface area contributed by atoms with Crippen LogP contribution in [-0.4, -0.2) is 79.8 Å². The zero-order valence-corrected chi connectivity index (χ0v) is 21.4. The number of aromatic nitrogens is 4. The molecule has 2 aliphatic heterocycles. The molecule has 6 rings (SSSR count). The van der Waals surface area contributed by atoms with Gasteiger partial charge >= 0.3 is 0 Å². The molecule has 2 N–H and O–H groups in total. The van der Waals surface area contributed by atoms with E-state index in [4.69, 9.17) is 27.9 Å². The molecule has 37 heavy (non-hydrogen) atoms. The first-order chi connectivity index (χ1) is 17.6. The van der Waals surface area contributed by atoms with Crippen molar-refractivity contribution in [2.75, 3.05) is 31.6 Å². The Bertz CT molecular complexity index is 1360. The van der Waals surface area contributed by atoms with E-state index in [0.717, 1.165) is 4.68 Å². The van der Waals surface area contributed by atoms with Gasteiger partial charge in [0.25, 0.3) is 5.92 Å². The average molecular weight is 557 g/mol. The second kappa shape index (κ2) is 8.94. The smallest absolute Gasteiger partial charge is 0.272 e. The lowest BCUT2D eigenvalue weighted by molar-refractivity contribution is -0.0238. The zero-order chi connectivity index (χ0) is 26.1. The molecule has 0 radical (unpaired) electrons. The number of hydrogen-bond donors (Lipinski definition) is 2. The van der Waals surface area contributed by atoms with Gasteiger partial charge in [-0.25, -0.2) is 27.8 Å². The lowest BCUT2D eigenvalue weighted by Crippen LogP contribution is -2.58. The van der Waals surface area contributed by atoms with E-state index in [1.54, 1.807) is 18.3 Å². The van der Waals surface area contributed by atoms with Crippen LogP contribution in [0.1, 0.15) is 37.3 Å². The van der Waals surface area contributed by atoms with Crippen molar-refractivity contribution in [3.8, 4) is 0 Å². The number of benzene rings is 1. The minimum atomic E-state index is -2.81. The summed E-state index contributed by atoms with van der Waals surface area (Å²) in [6, 6.07) is 2.43. The maximum atomic E-state index is 15.5. The number of likely N-dealkylation sites (tertiary alicyclic amines) is 1. The SMILES string of the molecule is C[C@@]1(N2CC[C@@H](c3cc4nc(Nc5cnn(C6CC6(F)F)c5Cl)ncc4cc3Cl)C(F)C2)COCC1O. The topological polar surface area (TPSA) is 88.3 Å². The maximum absolute atomic E-state index is 15.5. The van der Waals surface area contributed by atoms with Crippen LogP contribution in [0, 0.1) is 0 Å². The lowest BCUT2D eigenvalue weighted by Gasteiger charge is -2.45. The Hall–Kier alpha value is -2.18. The van der Waals surface area contributed by atoms with Gasteiger partial charge < -0.3 is 15.2 Å². The zero-order valence-electron chi connectivity index (χ0n) is 19.8. The molecule has 1 aliphatic carbocycles. The van der Waals surface area contributed by atoms with Gasteiger partial charge in [-0.1, -0.05) is 23.2 Å². The highest BCUT2D eigenvalue weighted by Gasteiger charge is 2.59. The number of anilines is 2. The molecule has 1 saturated carbocycles. The standard InChI is InChI=1S/C24H25Cl2F3N6O2/c1-23(11-37-10-20(23)36)34-3-2-13(16(27)9-34)14-5-17-12(4-15(14)25)7-30-22(32-17)33-18-8-31-35(21(18)26)19-6-24(19,28)29/h4-5,7-8,13,16,19-20,36H,2-3,6,9-11H2,1H3,(H,30,32,33)/t13-,16?,19?,20?,23+/m0/s1. The highest BCUT2D eigenvalue weighted by atomic mass is 35.5. The maximum Gasteiger partial charge on any atom is 0.272 e. The Morgan fingerprint density at radius 1 is 1.24 bits per heavy atom. The van der Waals surface area contributed by atoms with Gasteiger partial charge in [-0.3, -0.25) is 4.90 Å². The third-order valence-corrected chi connectivity index (χ3v) is 8.52. The monoisotopic (exact) mass is 556 g/mol. The lowest BCUT2D eigenvalue weighted by atomic mass is 9.84. The molecule has 2 saturated heterocycles. The summed E-state index contributed by atoms with van der Waals surface area (Å²) in [7, 11) is 0. The van der Waals surface area contributed by atoms with E-state index in [1.165, 1.54) is 6.20 Å². The molecule has 3 fully saturated rings. The van der Waals surface area contributed by atoms with E-state index in [1.807, 2.05) is 11.8 Å². The molecular weight excluding hydrogens is 532 g/mol. The first-order valence-electron chi connectivity index (χ1n) is 12.1. The van der Waals surface area contributed by atoms with Crippen molar-refractivity contribution in [2.24, 2.45) is 0 Å². The summed E-state index contributed by atoms with van der Waals surface area (Å²) in [6.45, 7) is 3.27. The number of rotatable bonds is 5. The molecule has 3 unspecified atom stereocenters. The van der Waals surface area contributed by atoms with Gasteiger partial charge in [0, 0.05) is 35.5 Å². The number of nitrogens with one attached hydrogen (secondary N) is 1. The molecule has 0 amide bonds. The number of nitrogens with zero attached hydrogens (tertiary/aromatic N) is 5. The summed E-state index contributed by atoms with van der Waals surface area (Å²) < 4.78 is 48.9. The second-order valence-electron chi connectivity index (χ2n) is 10.3. The van der Waals surface area contributed by atoms with Crippen molar-refractivity contribution in [3.63, 3.8) is 0 Å². The fourth-order valence-corrected chi connectivity index (χ4v) is 5.89. The van der Waals surface area contributed by atoms with Crippen LogP contribution < -0.4 is 5.32 Å². The number of aliphatic hydroxyl groups excluding tert-OH is 1. The minimum Gasteiger partial charge on any atom is -0.389 e. The first-order valence-corrected chi connectivity index (χ1v) is 12.8. The van der Waals surface area contributed by atoms with Crippen LogP contribution in [0.25, 0.3) is 10.9 Å². The van der Waals surface area contributed by atoms with Crippen molar-refractivity contribution >= 4 is 45.7 Å². The number of halogens is 5. The quantitative estimate of drug-likeness (QED) is 0.469. The third kappa shape index (κ3) is 4.34. The molecule has 3 aromatic rings. The van der Waals surface area contributed by atoms with E-state index in [-0.39, 0.29) is 30.7 Å². The summed E-state index contributed by atoms with van der Waals surface area (Å²) in [5.74, 6) is -3.05. The van der Waals surface area contributed by atoms with Gasteiger partial charge in [0.05, 0.1) is 42.3 Å². The van der Waals surface area contributed by atoms with Gasteiger partial charge in [-0.2, -0.15) is 5.10 Å². The summed E-state index contributed by atoms with van der Waals surface area (Å²) in [4.78, 5) is 10.8. The van der Waals surface area contributed by atoms with Gasteiger partial charge in [0.15, 0.2) is 5.15 Å². The molecule has 4 heterocycles. The highest BCUT2D eigenvalue weighted by molar-refractivity contribution is 6.32. The molecule has 0 bridgehead atoms. The summed E-state index contributed by atoms with van der Waals surface area (Å²) >= 11 is 12.8. The number of hydrogen-bond acceptors (Lipinski definition) is 7. The van der Waals surface area contributed by atoms with Gasteiger partial charge in [-0.15, -0.1) is 0 Å². The van der Waals surface area contributed by atoms with Crippen molar-refractivity contribution in [1.29, 1.82) is 0 Å². The van der Waals surface area contributed by atoms with Crippen LogP contribution in [0.5, 0.6) is 0 Å². The van der Waals surface area contributed by atoms with Gasteiger partial charge in [0.1, 0.15) is 12.2 Å². The number of fused-ring (bicyclic) bond motifs is 1. The number of ether oxygens (including phenoxy) is 1. The van der Waals surface area contributed by atoms with Crippen LogP contribution in [0.4, 0.5) is 24.8 Å². The Kier molecular flexibility index (Phi) is 6.07. The van der Waals surface area contributed by atoms with Crippen molar-refractivity contribution < 1.29 is 23.0 Å². The Morgan fingerprint density at radius 3 is 2.70 bits per heavy atom. The number of aliphatic hydroxyl groups is 1. The Balaban J connectivity index is 1.23. The van der Waals surface area contributed by atoms with E-state index in [2.05, 4.69) is 20.4 Å². The second-order valence-corrected chi connectivity index (χ2v) is 11.0. The molecule has 5 atom stereocenters. The van der Waals surface area contributed by atoms with Crippen molar-refractivity contribution in [2.45, 2.75) is 55.5 Å². The first kappa shape index (κ1) is 25.1. The van der Waals surface area contributed by atoms with Gasteiger partial charge in [0.2, 0.25) is 5.95 Å². The van der Waals surface area contributed by atoms with Crippen LogP contribution in [0.3, 0.4) is 0 Å². The highest BCUT2D eigenvalue weighted by Crippen LogP contribution is 2.53. The summed E-state index contributed by atoms with van der Waals surface area (Å²) in [5, 5.41) is 18.4. The molecule has 2 aromatic heterocycles. The fourth-order valence-electron chi connectivity index (χ4n) is 5.32. The van der Waals surface area contributed by atoms with E-state index in [9.17, 15) is 13.9 Å². The minimum absolute atomic E-state index is 0.0428. The van der Waals surface area contributed by atoms with Crippen LogP contribution >= 0.6 is 23.2 Å². The molecule has 0 spiro atoms. The predicted molar refractivity (Wildman–Crippen MR) is 133 cm³/mol. The molecule has 3 aliphatic rings. The Morgan fingerprint density at radius 2 is 2.03 bits per heavy atom. The van der Waals surface area contributed by atoms with E-state index >= 15 is 4.39 Å². The molecule has 13 heteroatoms. The predicted octanol–water partition coefficient (Wildman–Crippen LogP) is 4.73. The summed E-state index contributed by atoms with van der Waals surface area (Å²) in [5.41, 5.74) is 0.901. The van der Waals surface area contributed by atoms with Gasteiger partial charge in [-0.05, 0) is 37.6 Å². The normalized spacial score (nSPS) is 31.6. The van der Waals surface area contributed by atoms with E-state index < -0.39 is 35.7 Å². The van der Waals surface area contributed by atoms with E-state index in [0.29, 0.717) is 46.7 Å². The number of alkyl halides is 3. The van der Waals surface area contributed by atoms with Crippen molar-refractivity contribution in [3.05, 3.63) is 40.3 Å². The molecule has 198 valence electrons. The molecule has 8 nitrogen and oxygen atoms in total. The summed E-state index contributed by atoms with van der Waals surface area (Å²) in [6.07, 6.45) is 1.29. The number of piperidine rings is 1. The fraction of sp³-hybridized carbons (Fsp3) is 0.542. The largest absolute Gasteiger partial charge is 0.389 e. The van der Waals surface area contributed by atoms with Crippen LogP contribution in [-0.2, 0) is 4.74 Å². The van der Waals surface area contributed by atoms with Crippen LogP contribution in [0.2, 0.25) is 10.2 Å². The average Bonchev–Trinajstić information content (AvgIpc) is 3.13. The molecular formula is C24H25Cl2F3N6O2. The van der Waals surface area contributed by atoms with Crippen LogP contribution in [0.15, 0.2) is 24.5 Å². The van der Waals surface area contributed by atoms with Crippen molar-refractivity contribution in [1.82, 2.24) is 24.6 Å². The molecule has 1 aromatic carbocycles. The third-order valence-electron chi connectivity index (χ3n) is 7.82. The Labute approximate surface area is 220 Å².